The van der Waals surface area contributed by atoms with Crippen LogP contribution in [-0.2, 0) is 34.2 Å². The van der Waals surface area contributed by atoms with E-state index in [1.807, 2.05) is 49.4 Å². The van der Waals surface area contributed by atoms with Gasteiger partial charge in [-0.3, -0.25) is 9.59 Å². The van der Waals surface area contributed by atoms with Crippen LogP contribution in [0.25, 0.3) is 0 Å². The number of aryl methyl sites for hydroxylation is 1. The van der Waals surface area contributed by atoms with Gasteiger partial charge in [0.05, 0.1) is 12.5 Å². The molecule has 1 saturated heterocycles. The van der Waals surface area contributed by atoms with Crippen LogP contribution in [0, 0.1) is 18.3 Å². The molecular formula is C26H24O6. The predicted octanol–water partition coefficient (Wildman–Crippen LogP) is 3.54. The number of cyclic esters (lactones) is 2. The van der Waals surface area contributed by atoms with Gasteiger partial charge < -0.3 is 14.2 Å². The number of rotatable bonds is 5. The third-order valence-electron chi connectivity index (χ3n) is 7.17. The van der Waals surface area contributed by atoms with Gasteiger partial charge in [0.25, 0.3) is 0 Å². The first-order valence-corrected chi connectivity index (χ1v) is 10.7. The van der Waals surface area contributed by atoms with Gasteiger partial charge in [-0.2, -0.15) is 0 Å². The number of hydrogen-bond donors (Lipinski definition) is 0. The zero-order valence-electron chi connectivity index (χ0n) is 18.2. The average Bonchev–Trinajstić information content (AvgIpc) is 3.01. The molecule has 5 atom stereocenters. The van der Waals surface area contributed by atoms with Crippen LogP contribution in [0.4, 0.5) is 0 Å². The van der Waals surface area contributed by atoms with Crippen molar-refractivity contribution in [3.8, 4) is 0 Å². The molecule has 4 aliphatic rings. The molecule has 6 heteroatoms. The second kappa shape index (κ2) is 6.87. The normalized spacial score (nSPS) is 30.1. The predicted molar refractivity (Wildman–Crippen MR) is 115 cm³/mol. The van der Waals surface area contributed by atoms with E-state index in [1.54, 1.807) is 13.8 Å². The highest BCUT2D eigenvalue weighted by Gasteiger charge is 2.75. The summed E-state index contributed by atoms with van der Waals surface area (Å²) in [6.45, 7) is 8.91. The van der Waals surface area contributed by atoms with Crippen molar-refractivity contribution in [1.82, 2.24) is 0 Å². The largest absolute Gasteiger partial charge is 0.457 e. The molecule has 2 aromatic rings. The SMILES string of the molecule is C=CC(=O)OC(C)COC12c3ccccc3C(c3ccc(C)cc31)C1C(=O)OC(=O)C12C. The molecule has 2 bridgehead atoms. The summed E-state index contributed by atoms with van der Waals surface area (Å²) in [6.07, 6.45) is 0.504. The van der Waals surface area contributed by atoms with Gasteiger partial charge in [-0.05, 0) is 43.0 Å². The lowest BCUT2D eigenvalue weighted by molar-refractivity contribution is -0.182. The van der Waals surface area contributed by atoms with Gasteiger partial charge in [0.2, 0.25) is 0 Å². The summed E-state index contributed by atoms with van der Waals surface area (Å²) in [5.74, 6) is -2.67. The van der Waals surface area contributed by atoms with Crippen LogP contribution in [-0.4, -0.2) is 30.6 Å². The molecule has 32 heavy (non-hydrogen) atoms. The van der Waals surface area contributed by atoms with E-state index in [2.05, 4.69) is 6.58 Å². The fourth-order valence-corrected chi connectivity index (χ4v) is 5.85. The molecule has 6 rings (SSSR count). The maximum Gasteiger partial charge on any atom is 0.330 e. The molecule has 1 heterocycles. The van der Waals surface area contributed by atoms with Gasteiger partial charge in [0.15, 0.2) is 0 Å². The van der Waals surface area contributed by atoms with E-state index in [9.17, 15) is 14.4 Å². The third-order valence-corrected chi connectivity index (χ3v) is 7.17. The zero-order chi connectivity index (χ0) is 22.8. The van der Waals surface area contributed by atoms with Crippen molar-refractivity contribution in [2.24, 2.45) is 11.3 Å². The molecule has 3 aliphatic carbocycles. The highest BCUT2D eigenvalue weighted by Crippen LogP contribution is 2.69. The van der Waals surface area contributed by atoms with Crippen molar-refractivity contribution < 1.29 is 28.6 Å². The van der Waals surface area contributed by atoms with Gasteiger partial charge in [-0.1, -0.05) is 54.6 Å². The molecule has 0 amide bonds. The van der Waals surface area contributed by atoms with E-state index in [1.165, 1.54) is 0 Å². The maximum absolute atomic E-state index is 13.3. The number of ether oxygens (including phenoxy) is 3. The Morgan fingerprint density at radius 1 is 1.19 bits per heavy atom. The van der Waals surface area contributed by atoms with Crippen LogP contribution in [0.5, 0.6) is 0 Å². The number of benzene rings is 2. The third kappa shape index (κ3) is 2.41. The number of carbonyl (C=O) groups is 3. The van der Waals surface area contributed by atoms with Gasteiger partial charge >= 0.3 is 17.9 Å². The Kier molecular flexibility index (Phi) is 4.43. The fourth-order valence-electron chi connectivity index (χ4n) is 5.85. The Labute approximate surface area is 186 Å². The van der Waals surface area contributed by atoms with Crippen molar-refractivity contribution >= 4 is 17.9 Å². The summed E-state index contributed by atoms with van der Waals surface area (Å²) < 4.78 is 17.2. The quantitative estimate of drug-likeness (QED) is 0.409. The summed E-state index contributed by atoms with van der Waals surface area (Å²) in [5.41, 5.74) is 2.10. The molecule has 0 saturated carbocycles. The van der Waals surface area contributed by atoms with Gasteiger partial charge in [-0.15, -0.1) is 0 Å². The maximum atomic E-state index is 13.3. The van der Waals surface area contributed by atoms with E-state index in [0.29, 0.717) is 0 Å². The molecular weight excluding hydrogens is 408 g/mol. The fraction of sp³-hybridized carbons (Fsp3) is 0.346. The summed E-state index contributed by atoms with van der Waals surface area (Å²) in [7, 11) is 0. The summed E-state index contributed by atoms with van der Waals surface area (Å²) in [5, 5.41) is 0. The van der Waals surface area contributed by atoms with Crippen molar-refractivity contribution in [3.05, 3.63) is 82.9 Å². The summed E-state index contributed by atoms with van der Waals surface area (Å²) in [4.78, 5) is 38.0. The van der Waals surface area contributed by atoms with Crippen molar-refractivity contribution in [1.29, 1.82) is 0 Å². The van der Waals surface area contributed by atoms with Crippen LogP contribution in [0.3, 0.4) is 0 Å². The minimum absolute atomic E-state index is 0.0236. The molecule has 1 fully saturated rings. The monoisotopic (exact) mass is 432 g/mol. The first-order chi connectivity index (χ1) is 15.3. The van der Waals surface area contributed by atoms with Crippen molar-refractivity contribution in [2.45, 2.75) is 38.4 Å². The lowest BCUT2D eigenvalue weighted by Gasteiger charge is -2.58. The van der Waals surface area contributed by atoms with E-state index < -0.39 is 40.9 Å². The Bertz CT molecular complexity index is 1180. The molecule has 0 aromatic heterocycles. The molecule has 0 spiro atoms. The van der Waals surface area contributed by atoms with Crippen LogP contribution in [0.15, 0.2) is 55.1 Å². The Morgan fingerprint density at radius 2 is 1.91 bits per heavy atom. The van der Waals surface area contributed by atoms with Crippen LogP contribution >= 0.6 is 0 Å². The first kappa shape index (κ1) is 20.6. The molecule has 2 aromatic carbocycles. The van der Waals surface area contributed by atoms with Gasteiger partial charge in [0.1, 0.15) is 17.1 Å². The molecule has 5 unspecified atom stereocenters. The number of hydrogen-bond acceptors (Lipinski definition) is 6. The summed E-state index contributed by atoms with van der Waals surface area (Å²) >= 11 is 0. The molecule has 164 valence electrons. The van der Waals surface area contributed by atoms with Gasteiger partial charge in [-0.25, -0.2) is 4.79 Å². The minimum Gasteiger partial charge on any atom is -0.457 e. The Morgan fingerprint density at radius 3 is 2.66 bits per heavy atom. The lowest BCUT2D eigenvalue weighted by Crippen LogP contribution is -2.62. The van der Waals surface area contributed by atoms with Crippen LogP contribution < -0.4 is 0 Å². The molecule has 0 radical (unpaired) electrons. The summed E-state index contributed by atoms with van der Waals surface area (Å²) in [6, 6.07) is 13.8. The Hall–Kier alpha value is -3.25. The number of carbonyl (C=O) groups excluding carboxylic acids is 3. The van der Waals surface area contributed by atoms with Crippen molar-refractivity contribution in [3.63, 3.8) is 0 Å². The average molecular weight is 432 g/mol. The van der Waals surface area contributed by atoms with E-state index in [4.69, 9.17) is 14.2 Å². The van der Waals surface area contributed by atoms with E-state index in [0.717, 1.165) is 33.9 Å². The molecule has 0 N–H and O–H groups in total. The van der Waals surface area contributed by atoms with Crippen LogP contribution in [0.2, 0.25) is 0 Å². The lowest BCUT2D eigenvalue weighted by atomic mass is 9.46. The van der Waals surface area contributed by atoms with E-state index in [-0.39, 0.29) is 12.5 Å². The Balaban J connectivity index is 1.76. The van der Waals surface area contributed by atoms with E-state index >= 15 is 0 Å². The first-order valence-electron chi connectivity index (χ1n) is 10.7. The molecule has 6 nitrogen and oxygen atoms in total. The van der Waals surface area contributed by atoms with Crippen LogP contribution in [0.1, 0.15) is 47.6 Å². The second-order valence-electron chi connectivity index (χ2n) is 8.99. The van der Waals surface area contributed by atoms with Crippen molar-refractivity contribution in [2.75, 3.05) is 6.61 Å². The highest BCUT2D eigenvalue weighted by atomic mass is 16.6. The zero-order valence-corrected chi connectivity index (χ0v) is 18.2. The van der Waals surface area contributed by atoms with Gasteiger partial charge in [0, 0.05) is 12.0 Å². The minimum atomic E-state index is -1.26. The standard InChI is InChI=1S/C26H24O6/c1-5-20(27)31-15(3)13-30-26-18-9-7-6-8-16(18)21(17-11-10-14(2)12-19(17)26)22-23(28)32-24(29)25(22,26)4/h5-12,15,21-22H,1,13H2,2-4H3. The number of esters is 3. The topological polar surface area (TPSA) is 78.9 Å². The smallest absolute Gasteiger partial charge is 0.330 e. The highest BCUT2D eigenvalue weighted by molar-refractivity contribution is 6.03. The molecule has 1 aliphatic heterocycles. The second-order valence-corrected chi connectivity index (χ2v) is 8.99.